The van der Waals surface area contributed by atoms with Gasteiger partial charge in [0.25, 0.3) is 0 Å². The number of esters is 1. The van der Waals surface area contributed by atoms with Crippen molar-refractivity contribution in [1.29, 1.82) is 0 Å². The van der Waals surface area contributed by atoms with Crippen LogP contribution in [0.4, 0.5) is 0 Å². The fourth-order valence-corrected chi connectivity index (χ4v) is 5.02. The van der Waals surface area contributed by atoms with Gasteiger partial charge in [-0.3, -0.25) is 14.5 Å². The van der Waals surface area contributed by atoms with Gasteiger partial charge in [-0.15, -0.1) is 0 Å². The summed E-state index contributed by atoms with van der Waals surface area (Å²) in [6.45, 7) is 7.95. The van der Waals surface area contributed by atoms with Gasteiger partial charge in [-0.1, -0.05) is 42.5 Å². The fraction of sp³-hybridized carbons (Fsp3) is 0.500. The highest BCUT2D eigenvalue weighted by Crippen LogP contribution is 2.38. The summed E-state index contributed by atoms with van der Waals surface area (Å²) in [5.74, 6) is 1.27. The largest absolute Gasteiger partial charge is 0.487 e. The van der Waals surface area contributed by atoms with Crippen LogP contribution in [-0.4, -0.2) is 49.1 Å². The molecule has 2 aliphatic heterocycles. The third kappa shape index (κ3) is 6.17. The summed E-state index contributed by atoms with van der Waals surface area (Å²) in [6, 6.07) is 14.1. The molecule has 2 aromatic rings. The number of rotatable bonds is 8. The van der Waals surface area contributed by atoms with E-state index in [9.17, 15) is 9.59 Å². The van der Waals surface area contributed by atoms with E-state index in [-0.39, 0.29) is 30.3 Å². The standard InChI is InChI=1S/C28H36N2O4/c1-28(2)17-23-9-6-10-24(27(23)34-28)19-30-13-11-20(12-14-30)18-29-25(31)15-21-7-4-5-8-22(21)16-26(32)33-3/h4-10,20H,11-19H2,1-3H3,(H,29,31). The normalized spacial score (nSPS) is 17.6. The number of hydrogen-bond donors (Lipinski definition) is 1. The highest BCUT2D eigenvalue weighted by atomic mass is 16.5. The molecule has 0 aliphatic carbocycles. The fourth-order valence-electron chi connectivity index (χ4n) is 5.02. The van der Waals surface area contributed by atoms with E-state index in [1.807, 2.05) is 24.3 Å². The minimum Gasteiger partial charge on any atom is -0.487 e. The van der Waals surface area contributed by atoms with Gasteiger partial charge in [0.2, 0.25) is 5.91 Å². The zero-order valence-electron chi connectivity index (χ0n) is 20.6. The molecule has 4 rings (SSSR count). The molecule has 0 radical (unpaired) electrons. The minimum absolute atomic E-state index is 0.000595. The van der Waals surface area contributed by atoms with E-state index >= 15 is 0 Å². The summed E-state index contributed by atoms with van der Waals surface area (Å²) in [7, 11) is 1.38. The first kappa shape index (κ1) is 24.3. The number of carbonyl (C=O) groups excluding carboxylic acids is 2. The van der Waals surface area contributed by atoms with Gasteiger partial charge in [-0.05, 0) is 62.4 Å². The number of nitrogens with zero attached hydrogens (tertiary/aromatic N) is 1. The molecule has 2 aromatic carbocycles. The molecule has 1 N–H and O–H groups in total. The second-order valence-corrected chi connectivity index (χ2v) is 10.2. The van der Waals surface area contributed by atoms with Crippen molar-refractivity contribution in [3.8, 4) is 5.75 Å². The molecule has 2 heterocycles. The number of amides is 1. The third-order valence-corrected chi connectivity index (χ3v) is 6.89. The molecule has 2 aliphatic rings. The van der Waals surface area contributed by atoms with E-state index < -0.39 is 0 Å². The Labute approximate surface area is 202 Å². The number of nitrogens with one attached hydrogen (secondary N) is 1. The van der Waals surface area contributed by atoms with Crippen molar-refractivity contribution in [1.82, 2.24) is 10.2 Å². The lowest BCUT2D eigenvalue weighted by atomic mass is 9.95. The Hall–Kier alpha value is -2.86. The quantitative estimate of drug-likeness (QED) is 0.604. The van der Waals surface area contributed by atoms with E-state index in [4.69, 9.17) is 9.47 Å². The summed E-state index contributed by atoms with van der Waals surface area (Å²) in [5.41, 5.74) is 4.19. The smallest absolute Gasteiger partial charge is 0.309 e. The maximum Gasteiger partial charge on any atom is 0.309 e. The number of hydrogen-bond acceptors (Lipinski definition) is 5. The van der Waals surface area contributed by atoms with Crippen molar-refractivity contribution in [2.45, 2.75) is 58.1 Å². The van der Waals surface area contributed by atoms with Gasteiger partial charge in [-0.25, -0.2) is 0 Å². The van der Waals surface area contributed by atoms with E-state index in [0.717, 1.165) is 55.8 Å². The van der Waals surface area contributed by atoms with Gasteiger partial charge in [0.15, 0.2) is 0 Å². The van der Waals surface area contributed by atoms with Crippen LogP contribution in [0.3, 0.4) is 0 Å². The molecule has 1 fully saturated rings. The first-order valence-electron chi connectivity index (χ1n) is 12.3. The Kier molecular flexibility index (Phi) is 7.57. The highest BCUT2D eigenvalue weighted by Gasteiger charge is 2.32. The molecule has 0 bridgehead atoms. The Morgan fingerprint density at radius 1 is 1.03 bits per heavy atom. The highest BCUT2D eigenvalue weighted by molar-refractivity contribution is 5.80. The SMILES string of the molecule is COC(=O)Cc1ccccc1CC(=O)NCC1CCN(Cc2cccc3c2OC(C)(C)C3)CC1. The number of ether oxygens (including phenoxy) is 2. The second kappa shape index (κ2) is 10.6. The topological polar surface area (TPSA) is 67.9 Å². The van der Waals surface area contributed by atoms with Crippen LogP contribution in [0.5, 0.6) is 5.75 Å². The lowest BCUT2D eigenvalue weighted by Crippen LogP contribution is -2.38. The van der Waals surface area contributed by atoms with Crippen LogP contribution in [0.1, 0.15) is 48.9 Å². The molecule has 34 heavy (non-hydrogen) atoms. The van der Waals surface area contributed by atoms with Crippen LogP contribution < -0.4 is 10.1 Å². The number of carbonyl (C=O) groups is 2. The Morgan fingerprint density at radius 2 is 1.71 bits per heavy atom. The molecular weight excluding hydrogens is 428 g/mol. The number of piperidine rings is 1. The maximum absolute atomic E-state index is 12.6. The molecule has 0 spiro atoms. The first-order valence-corrected chi connectivity index (χ1v) is 12.3. The maximum atomic E-state index is 12.6. The average molecular weight is 465 g/mol. The lowest BCUT2D eigenvalue weighted by Gasteiger charge is -2.32. The zero-order valence-corrected chi connectivity index (χ0v) is 20.6. The lowest BCUT2D eigenvalue weighted by molar-refractivity contribution is -0.139. The van der Waals surface area contributed by atoms with Crippen LogP contribution in [0, 0.1) is 5.92 Å². The van der Waals surface area contributed by atoms with Gasteiger partial charge in [-0.2, -0.15) is 0 Å². The van der Waals surface area contributed by atoms with E-state index in [1.54, 1.807) is 0 Å². The molecule has 6 nitrogen and oxygen atoms in total. The summed E-state index contributed by atoms with van der Waals surface area (Å²) in [6.07, 6.45) is 3.57. The number of para-hydroxylation sites is 1. The summed E-state index contributed by atoms with van der Waals surface area (Å²) < 4.78 is 11.0. The molecule has 0 saturated carbocycles. The molecule has 0 aromatic heterocycles. The number of methoxy groups -OCH3 is 1. The number of benzene rings is 2. The molecule has 6 heteroatoms. The molecular formula is C28H36N2O4. The minimum atomic E-state index is -0.296. The third-order valence-electron chi connectivity index (χ3n) is 6.89. The van der Waals surface area contributed by atoms with E-state index in [1.165, 1.54) is 18.2 Å². The monoisotopic (exact) mass is 464 g/mol. The van der Waals surface area contributed by atoms with Gasteiger partial charge >= 0.3 is 5.97 Å². The van der Waals surface area contributed by atoms with Crippen LogP contribution in [0.2, 0.25) is 0 Å². The summed E-state index contributed by atoms with van der Waals surface area (Å²) in [5, 5.41) is 3.11. The van der Waals surface area contributed by atoms with Gasteiger partial charge in [0, 0.05) is 25.1 Å². The van der Waals surface area contributed by atoms with Crippen LogP contribution >= 0.6 is 0 Å². The van der Waals surface area contributed by atoms with Gasteiger partial charge in [0.05, 0.1) is 20.0 Å². The number of fused-ring (bicyclic) bond motifs is 1. The Bertz CT molecular complexity index is 1020. The molecule has 0 atom stereocenters. The van der Waals surface area contributed by atoms with Crippen LogP contribution in [-0.2, 0) is 40.1 Å². The number of likely N-dealkylation sites (tertiary alicyclic amines) is 1. The van der Waals surface area contributed by atoms with Crippen molar-refractivity contribution in [2.75, 3.05) is 26.7 Å². The molecule has 0 unspecified atom stereocenters. The van der Waals surface area contributed by atoms with E-state index in [2.05, 4.69) is 42.3 Å². The second-order valence-electron chi connectivity index (χ2n) is 10.2. The predicted molar refractivity (Wildman–Crippen MR) is 132 cm³/mol. The summed E-state index contributed by atoms with van der Waals surface area (Å²) in [4.78, 5) is 26.7. The van der Waals surface area contributed by atoms with Crippen LogP contribution in [0.25, 0.3) is 0 Å². The van der Waals surface area contributed by atoms with Crippen LogP contribution in [0.15, 0.2) is 42.5 Å². The zero-order chi connectivity index (χ0) is 24.1. The van der Waals surface area contributed by atoms with Gasteiger partial charge in [0.1, 0.15) is 11.4 Å². The molecule has 1 saturated heterocycles. The Morgan fingerprint density at radius 3 is 2.41 bits per heavy atom. The van der Waals surface area contributed by atoms with Crippen molar-refractivity contribution < 1.29 is 19.1 Å². The van der Waals surface area contributed by atoms with Crippen molar-refractivity contribution in [3.63, 3.8) is 0 Å². The van der Waals surface area contributed by atoms with Crippen molar-refractivity contribution >= 4 is 11.9 Å². The average Bonchev–Trinajstić information content (AvgIpc) is 3.14. The summed E-state index contributed by atoms with van der Waals surface area (Å²) >= 11 is 0. The predicted octanol–water partition coefficient (Wildman–Crippen LogP) is 3.69. The van der Waals surface area contributed by atoms with E-state index in [0.29, 0.717) is 12.5 Å². The van der Waals surface area contributed by atoms with Gasteiger partial charge < -0.3 is 14.8 Å². The molecule has 182 valence electrons. The van der Waals surface area contributed by atoms with Crippen molar-refractivity contribution in [2.24, 2.45) is 5.92 Å². The first-order chi connectivity index (χ1) is 16.3. The van der Waals surface area contributed by atoms with Crippen molar-refractivity contribution in [3.05, 3.63) is 64.7 Å². The Balaban J connectivity index is 1.23. The molecule has 1 amide bonds.